The van der Waals surface area contributed by atoms with Crippen LogP contribution >= 0.6 is 0 Å². The summed E-state index contributed by atoms with van der Waals surface area (Å²) in [7, 11) is 0. The standard InChI is InChI=1S/C26H34N2O5/c1-17-18(6-7-24(29)27-8-5-9-28-10-12-31-13-11-28)25(30)33-23-15-22-20(14-19(17)23)21(16-32-22)26(2,3)4/h14-16H,5-13H2,1-4H3,(H,27,29). The zero-order valence-electron chi connectivity index (χ0n) is 20.1. The Morgan fingerprint density at radius 1 is 1.12 bits per heavy atom. The fourth-order valence-electron chi connectivity index (χ4n) is 4.46. The zero-order chi connectivity index (χ0) is 23.6. The second kappa shape index (κ2) is 9.69. The van der Waals surface area contributed by atoms with E-state index < -0.39 is 0 Å². The predicted octanol–water partition coefficient (Wildman–Crippen LogP) is 3.92. The Kier molecular flexibility index (Phi) is 6.91. The highest BCUT2D eigenvalue weighted by Crippen LogP contribution is 2.35. The van der Waals surface area contributed by atoms with E-state index in [1.807, 2.05) is 13.0 Å². The Labute approximate surface area is 194 Å². The number of aryl methyl sites for hydroxylation is 1. The fraction of sp³-hybridized carbons (Fsp3) is 0.538. The molecule has 1 N–H and O–H groups in total. The molecule has 0 aliphatic carbocycles. The number of rotatable bonds is 7. The van der Waals surface area contributed by atoms with Crippen molar-refractivity contribution < 1.29 is 18.4 Å². The van der Waals surface area contributed by atoms with Gasteiger partial charge in [-0.3, -0.25) is 9.69 Å². The molecule has 1 amide bonds. The minimum absolute atomic E-state index is 0.0452. The lowest BCUT2D eigenvalue weighted by molar-refractivity contribution is -0.121. The van der Waals surface area contributed by atoms with Gasteiger partial charge in [-0.25, -0.2) is 4.79 Å². The summed E-state index contributed by atoms with van der Waals surface area (Å²) >= 11 is 0. The quantitative estimate of drug-likeness (QED) is 0.430. The average molecular weight is 455 g/mol. The van der Waals surface area contributed by atoms with Crippen molar-refractivity contribution in [2.75, 3.05) is 39.4 Å². The number of nitrogens with one attached hydrogen (secondary N) is 1. The van der Waals surface area contributed by atoms with Crippen LogP contribution in [0.4, 0.5) is 0 Å². The van der Waals surface area contributed by atoms with E-state index in [9.17, 15) is 9.59 Å². The van der Waals surface area contributed by atoms with Crippen LogP contribution in [0.15, 0.2) is 32.0 Å². The SMILES string of the molecule is Cc1c(CCC(=O)NCCCN2CCOCC2)c(=O)oc2cc3occ(C(C)(C)C)c3cc12. The van der Waals surface area contributed by atoms with Gasteiger partial charge in [-0.05, 0) is 43.4 Å². The van der Waals surface area contributed by atoms with Crippen molar-refractivity contribution in [2.45, 2.75) is 52.4 Å². The highest BCUT2D eigenvalue weighted by atomic mass is 16.5. The van der Waals surface area contributed by atoms with Crippen molar-refractivity contribution in [3.05, 3.63) is 45.5 Å². The molecule has 1 fully saturated rings. The third-order valence-electron chi connectivity index (χ3n) is 6.47. The lowest BCUT2D eigenvalue weighted by atomic mass is 9.86. The number of nitrogens with zero attached hydrogens (tertiary/aromatic N) is 1. The maximum atomic E-state index is 12.7. The number of furan rings is 1. The van der Waals surface area contributed by atoms with Gasteiger partial charge in [-0.1, -0.05) is 20.8 Å². The number of morpholine rings is 1. The van der Waals surface area contributed by atoms with E-state index in [-0.39, 0.29) is 23.4 Å². The zero-order valence-corrected chi connectivity index (χ0v) is 20.1. The normalized spacial score (nSPS) is 15.4. The molecule has 0 saturated carbocycles. The highest BCUT2D eigenvalue weighted by molar-refractivity contribution is 5.96. The summed E-state index contributed by atoms with van der Waals surface area (Å²) in [5.41, 5.74) is 3.31. The number of hydrogen-bond donors (Lipinski definition) is 1. The summed E-state index contributed by atoms with van der Waals surface area (Å²) in [6.07, 6.45) is 3.30. The molecule has 3 heterocycles. The molecule has 4 rings (SSSR count). The summed E-state index contributed by atoms with van der Waals surface area (Å²) in [6.45, 7) is 13.4. The third-order valence-corrected chi connectivity index (χ3v) is 6.47. The van der Waals surface area contributed by atoms with E-state index in [0.29, 0.717) is 29.7 Å². The number of ether oxygens (including phenoxy) is 1. The molecule has 0 spiro atoms. The molecule has 33 heavy (non-hydrogen) atoms. The number of amides is 1. The maximum absolute atomic E-state index is 12.7. The molecule has 0 bridgehead atoms. The second-order valence-corrected chi connectivity index (χ2v) is 9.89. The van der Waals surface area contributed by atoms with Gasteiger partial charge in [0.1, 0.15) is 11.2 Å². The van der Waals surface area contributed by atoms with Gasteiger partial charge in [0.2, 0.25) is 5.91 Å². The van der Waals surface area contributed by atoms with Crippen LogP contribution in [0.5, 0.6) is 0 Å². The van der Waals surface area contributed by atoms with Crippen molar-refractivity contribution in [1.29, 1.82) is 0 Å². The van der Waals surface area contributed by atoms with Crippen LogP contribution in [0.3, 0.4) is 0 Å². The van der Waals surface area contributed by atoms with Gasteiger partial charge in [0.05, 0.1) is 19.5 Å². The molecule has 1 aliphatic heterocycles. The Hall–Kier alpha value is -2.64. The van der Waals surface area contributed by atoms with Crippen molar-refractivity contribution in [3.63, 3.8) is 0 Å². The van der Waals surface area contributed by atoms with E-state index in [1.165, 1.54) is 0 Å². The first kappa shape index (κ1) is 23.5. The number of carbonyl (C=O) groups is 1. The van der Waals surface area contributed by atoms with E-state index in [0.717, 1.165) is 61.2 Å². The molecule has 0 radical (unpaired) electrons. The lowest BCUT2D eigenvalue weighted by Crippen LogP contribution is -2.38. The molecule has 3 aromatic rings. The molecule has 7 heteroatoms. The molecular weight excluding hydrogens is 420 g/mol. The summed E-state index contributed by atoms with van der Waals surface area (Å²) in [4.78, 5) is 27.4. The minimum atomic E-state index is -0.387. The second-order valence-electron chi connectivity index (χ2n) is 9.89. The first-order valence-electron chi connectivity index (χ1n) is 11.8. The van der Waals surface area contributed by atoms with Crippen LogP contribution in [0.2, 0.25) is 0 Å². The fourth-order valence-corrected chi connectivity index (χ4v) is 4.46. The predicted molar refractivity (Wildman–Crippen MR) is 129 cm³/mol. The van der Waals surface area contributed by atoms with E-state index in [1.54, 1.807) is 12.3 Å². The minimum Gasteiger partial charge on any atom is -0.464 e. The smallest absolute Gasteiger partial charge is 0.339 e. The highest BCUT2D eigenvalue weighted by Gasteiger charge is 2.22. The van der Waals surface area contributed by atoms with Gasteiger partial charge in [0.25, 0.3) is 0 Å². The topological polar surface area (TPSA) is 84.9 Å². The number of fused-ring (bicyclic) bond motifs is 2. The summed E-state index contributed by atoms with van der Waals surface area (Å²) in [6, 6.07) is 3.83. The number of benzene rings is 1. The first-order valence-corrected chi connectivity index (χ1v) is 11.8. The summed E-state index contributed by atoms with van der Waals surface area (Å²) < 4.78 is 16.7. The van der Waals surface area contributed by atoms with Crippen LogP contribution in [0.25, 0.3) is 21.9 Å². The van der Waals surface area contributed by atoms with Crippen LogP contribution in [-0.4, -0.2) is 50.2 Å². The molecule has 1 saturated heterocycles. The van der Waals surface area contributed by atoms with Crippen molar-refractivity contribution >= 4 is 27.8 Å². The van der Waals surface area contributed by atoms with Crippen LogP contribution in [0, 0.1) is 6.92 Å². The Balaban J connectivity index is 1.43. The van der Waals surface area contributed by atoms with E-state index >= 15 is 0 Å². The van der Waals surface area contributed by atoms with Gasteiger partial charge in [-0.2, -0.15) is 0 Å². The van der Waals surface area contributed by atoms with Crippen LogP contribution in [-0.2, 0) is 21.4 Å². The molecule has 0 unspecified atom stereocenters. The summed E-state index contributed by atoms with van der Waals surface area (Å²) in [5, 5.41) is 4.88. The monoisotopic (exact) mass is 454 g/mol. The molecule has 2 aromatic heterocycles. The van der Waals surface area contributed by atoms with Gasteiger partial charge in [0, 0.05) is 54.0 Å². The van der Waals surface area contributed by atoms with Crippen molar-refractivity contribution in [2.24, 2.45) is 0 Å². The van der Waals surface area contributed by atoms with Crippen molar-refractivity contribution in [1.82, 2.24) is 10.2 Å². The number of hydrogen-bond acceptors (Lipinski definition) is 6. The molecule has 1 aromatic carbocycles. The lowest BCUT2D eigenvalue weighted by Gasteiger charge is -2.26. The van der Waals surface area contributed by atoms with Crippen LogP contribution < -0.4 is 10.9 Å². The van der Waals surface area contributed by atoms with Gasteiger partial charge >= 0.3 is 5.63 Å². The van der Waals surface area contributed by atoms with E-state index in [4.69, 9.17) is 13.6 Å². The molecular formula is C26H34N2O5. The first-order chi connectivity index (χ1) is 15.7. The largest absolute Gasteiger partial charge is 0.464 e. The summed E-state index contributed by atoms with van der Waals surface area (Å²) in [5.74, 6) is -0.0452. The Morgan fingerprint density at radius 3 is 2.61 bits per heavy atom. The average Bonchev–Trinajstić information content (AvgIpc) is 3.19. The third kappa shape index (κ3) is 5.31. The Morgan fingerprint density at radius 2 is 1.88 bits per heavy atom. The number of carbonyl (C=O) groups excluding carboxylic acids is 1. The Bertz CT molecular complexity index is 1200. The van der Waals surface area contributed by atoms with Gasteiger partial charge in [0.15, 0.2) is 0 Å². The van der Waals surface area contributed by atoms with Gasteiger partial charge in [-0.15, -0.1) is 0 Å². The van der Waals surface area contributed by atoms with Crippen molar-refractivity contribution in [3.8, 4) is 0 Å². The van der Waals surface area contributed by atoms with E-state index in [2.05, 4.69) is 31.0 Å². The molecule has 0 atom stereocenters. The maximum Gasteiger partial charge on any atom is 0.339 e. The molecule has 7 nitrogen and oxygen atoms in total. The van der Waals surface area contributed by atoms with Crippen LogP contribution in [0.1, 0.15) is 50.3 Å². The molecule has 178 valence electrons. The molecule has 1 aliphatic rings. The van der Waals surface area contributed by atoms with Gasteiger partial charge < -0.3 is 18.9 Å².